The molecule has 1 aromatic rings. The van der Waals surface area contributed by atoms with E-state index in [1.54, 1.807) is 0 Å². The van der Waals surface area contributed by atoms with Gasteiger partial charge in [-0.2, -0.15) is 0 Å². The molecule has 1 aliphatic heterocycles. The molecule has 1 unspecified atom stereocenters. The van der Waals surface area contributed by atoms with Crippen LogP contribution in [-0.2, 0) is 6.42 Å². The fraction of sp³-hybridized carbons (Fsp3) is 0.692. The fourth-order valence-corrected chi connectivity index (χ4v) is 2.31. The molecule has 2 heterocycles. The normalized spacial score (nSPS) is 19.4. The van der Waals surface area contributed by atoms with Crippen LogP contribution in [0.15, 0.2) is 18.5 Å². The van der Waals surface area contributed by atoms with Crippen molar-refractivity contribution in [3.8, 4) is 0 Å². The van der Waals surface area contributed by atoms with Gasteiger partial charge in [0.25, 0.3) is 0 Å². The first-order valence-electron chi connectivity index (χ1n) is 6.63. The minimum absolute atomic E-state index is 0.642. The smallest absolute Gasteiger partial charge is 0.0193 e. The van der Waals surface area contributed by atoms with Gasteiger partial charge in [-0.05, 0) is 31.5 Å². The van der Waals surface area contributed by atoms with Gasteiger partial charge in [0.1, 0.15) is 0 Å². The van der Waals surface area contributed by atoms with Crippen LogP contribution >= 0.6 is 0 Å². The molecule has 0 spiro atoms. The molecule has 1 aromatic heterocycles. The van der Waals surface area contributed by atoms with Crippen molar-refractivity contribution >= 4 is 0 Å². The number of nitrogens with zero attached hydrogens (tertiary/aromatic N) is 1. The van der Waals surface area contributed by atoms with E-state index in [-0.39, 0.29) is 0 Å². The van der Waals surface area contributed by atoms with Gasteiger partial charge in [-0.3, -0.25) is 4.90 Å². The Bertz CT molecular complexity index is 290. The summed E-state index contributed by atoms with van der Waals surface area (Å²) in [6, 6.07) is 2.78. The van der Waals surface area contributed by atoms with Gasteiger partial charge in [0.15, 0.2) is 0 Å². The van der Waals surface area contributed by atoms with E-state index in [0.29, 0.717) is 6.04 Å². The van der Waals surface area contributed by atoms with Crippen LogP contribution in [0.1, 0.15) is 12.5 Å². The second kappa shape index (κ2) is 6.79. The van der Waals surface area contributed by atoms with E-state index < -0.39 is 0 Å². The van der Waals surface area contributed by atoms with Crippen molar-refractivity contribution in [2.24, 2.45) is 0 Å². The maximum atomic E-state index is 3.54. The Hall–Kier alpha value is -0.840. The summed E-state index contributed by atoms with van der Waals surface area (Å²) in [5.74, 6) is 0. The molecule has 0 aliphatic carbocycles. The van der Waals surface area contributed by atoms with E-state index in [1.807, 2.05) is 6.20 Å². The molecule has 2 rings (SSSR count). The summed E-state index contributed by atoms with van der Waals surface area (Å²) in [4.78, 5) is 5.64. The zero-order valence-electron chi connectivity index (χ0n) is 10.7. The Labute approximate surface area is 104 Å². The van der Waals surface area contributed by atoms with Gasteiger partial charge >= 0.3 is 0 Å². The molecule has 0 radical (unpaired) electrons. The number of piperazine rings is 1. The third-order valence-corrected chi connectivity index (χ3v) is 3.47. The maximum Gasteiger partial charge on any atom is 0.0193 e. The molecule has 4 heteroatoms. The van der Waals surface area contributed by atoms with Crippen LogP contribution in [0.5, 0.6) is 0 Å². The standard InChI is InChI=1S/C13H24N4/c1-12(17-8-6-14-7-9-17)10-15-4-2-13-3-5-16-11-13/h3,5,11-12,14-16H,2,4,6-10H2,1H3. The van der Waals surface area contributed by atoms with Gasteiger partial charge in [-0.25, -0.2) is 0 Å². The van der Waals surface area contributed by atoms with Gasteiger partial charge in [0.05, 0.1) is 0 Å². The highest BCUT2D eigenvalue weighted by Crippen LogP contribution is 2.00. The van der Waals surface area contributed by atoms with Crippen LogP contribution in [0.25, 0.3) is 0 Å². The molecular weight excluding hydrogens is 212 g/mol. The van der Waals surface area contributed by atoms with E-state index in [4.69, 9.17) is 0 Å². The Morgan fingerprint density at radius 2 is 2.24 bits per heavy atom. The second-order valence-electron chi connectivity index (χ2n) is 4.81. The minimum atomic E-state index is 0.642. The Morgan fingerprint density at radius 3 is 2.94 bits per heavy atom. The van der Waals surface area contributed by atoms with Crippen molar-refractivity contribution in [2.75, 3.05) is 39.3 Å². The second-order valence-corrected chi connectivity index (χ2v) is 4.81. The SMILES string of the molecule is CC(CNCCc1cc[nH]c1)N1CCNCC1. The molecule has 0 amide bonds. The third-order valence-electron chi connectivity index (χ3n) is 3.47. The summed E-state index contributed by atoms with van der Waals surface area (Å²) in [7, 11) is 0. The van der Waals surface area contributed by atoms with E-state index >= 15 is 0 Å². The van der Waals surface area contributed by atoms with Crippen molar-refractivity contribution in [2.45, 2.75) is 19.4 Å². The van der Waals surface area contributed by atoms with Crippen LogP contribution in [0.2, 0.25) is 0 Å². The van der Waals surface area contributed by atoms with Crippen LogP contribution < -0.4 is 10.6 Å². The summed E-state index contributed by atoms with van der Waals surface area (Å²) < 4.78 is 0. The first-order valence-corrected chi connectivity index (χ1v) is 6.63. The molecule has 0 bridgehead atoms. The van der Waals surface area contributed by atoms with Gasteiger partial charge in [0.2, 0.25) is 0 Å². The van der Waals surface area contributed by atoms with Crippen molar-refractivity contribution in [1.29, 1.82) is 0 Å². The molecule has 17 heavy (non-hydrogen) atoms. The first kappa shape index (κ1) is 12.6. The number of hydrogen-bond acceptors (Lipinski definition) is 3. The molecule has 96 valence electrons. The summed E-state index contributed by atoms with van der Waals surface area (Å²) in [5.41, 5.74) is 1.38. The van der Waals surface area contributed by atoms with Crippen LogP contribution in [-0.4, -0.2) is 55.2 Å². The lowest BCUT2D eigenvalue weighted by Gasteiger charge is -2.32. The Kier molecular flexibility index (Phi) is 5.04. The average Bonchev–Trinajstić information content (AvgIpc) is 2.88. The summed E-state index contributed by atoms with van der Waals surface area (Å²) in [6.07, 6.45) is 5.16. The minimum Gasteiger partial charge on any atom is -0.367 e. The number of hydrogen-bond donors (Lipinski definition) is 3. The molecule has 1 saturated heterocycles. The van der Waals surface area contributed by atoms with Crippen molar-refractivity contribution in [3.05, 3.63) is 24.0 Å². The molecule has 1 atom stereocenters. The lowest BCUT2D eigenvalue weighted by atomic mass is 10.2. The molecule has 1 aliphatic rings. The number of aromatic amines is 1. The number of nitrogens with one attached hydrogen (secondary N) is 3. The van der Waals surface area contributed by atoms with Gasteiger partial charge in [-0.1, -0.05) is 0 Å². The van der Waals surface area contributed by atoms with Crippen LogP contribution in [0.3, 0.4) is 0 Å². The molecule has 0 saturated carbocycles. The third kappa shape index (κ3) is 4.15. The lowest BCUT2D eigenvalue weighted by molar-refractivity contribution is 0.181. The summed E-state index contributed by atoms with van der Waals surface area (Å²) in [5, 5.41) is 6.93. The Morgan fingerprint density at radius 1 is 1.41 bits per heavy atom. The maximum absolute atomic E-state index is 3.54. The Balaban J connectivity index is 1.57. The van der Waals surface area contributed by atoms with Gasteiger partial charge in [-0.15, -0.1) is 0 Å². The molecule has 0 aromatic carbocycles. The van der Waals surface area contributed by atoms with Crippen molar-refractivity contribution in [1.82, 2.24) is 20.5 Å². The average molecular weight is 236 g/mol. The predicted molar refractivity (Wildman–Crippen MR) is 71.3 cm³/mol. The highest BCUT2D eigenvalue weighted by molar-refractivity contribution is 5.08. The summed E-state index contributed by atoms with van der Waals surface area (Å²) in [6.45, 7) is 9.09. The van der Waals surface area contributed by atoms with E-state index in [1.165, 1.54) is 18.7 Å². The topological polar surface area (TPSA) is 43.1 Å². The zero-order chi connectivity index (χ0) is 11.9. The summed E-state index contributed by atoms with van der Waals surface area (Å²) >= 11 is 0. The zero-order valence-corrected chi connectivity index (χ0v) is 10.7. The van der Waals surface area contributed by atoms with E-state index in [0.717, 1.165) is 32.6 Å². The quantitative estimate of drug-likeness (QED) is 0.628. The number of aromatic nitrogens is 1. The predicted octanol–water partition coefficient (Wildman–Crippen LogP) is 0.441. The highest BCUT2D eigenvalue weighted by atomic mass is 15.2. The monoisotopic (exact) mass is 236 g/mol. The molecule has 1 fully saturated rings. The number of H-pyrrole nitrogens is 1. The highest BCUT2D eigenvalue weighted by Gasteiger charge is 2.15. The molecule has 3 N–H and O–H groups in total. The first-order chi connectivity index (χ1) is 8.36. The van der Waals surface area contributed by atoms with Crippen molar-refractivity contribution in [3.63, 3.8) is 0 Å². The van der Waals surface area contributed by atoms with Crippen molar-refractivity contribution < 1.29 is 0 Å². The van der Waals surface area contributed by atoms with Gasteiger partial charge in [0, 0.05) is 51.2 Å². The lowest BCUT2D eigenvalue weighted by Crippen LogP contribution is -2.50. The molecule has 4 nitrogen and oxygen atoms in total. The van der Waals surface area contributed by atoms with E-state index in [9.17, 15) is 0 Å². The van der Waals surface area contributed by atoms with Crippen LogP contribution in [0.4, 0.5) is 0 Å². The largest absolute Gasteiger partial charge is 0.367 e. The molecular formula is C13H24N4. The van der Waals surface area contributed by atoms with Crippen LogP contribution in [0, 0.1) is 0 Å². The van der Waals surface area contributed by atoms with Gasteiger partial charge < -0.3 is 15.6 Å². The number of rotatable bonds is 6. The van der Waals surface area contributed by atoms with E-state index in [2.05, 4.69) is 39.7 Å². The fourth-order valence-electron chi connectivity index (χ4n) is 2.31.